The van der Waals surface area contributed by atoms with E-state index in [1.807, 2.05) is 99.6 Å². The number of pyridine rings is 1. The summed E-state index contributed by atoms with van der Waals surface area (Å²) in [4.78, 5) is 18.9. The van der Waals surface area contributed by atoms with E-state index >= 15 is 4.39 Å². The number of fused-ring (bicyclic) bond motifs is 1. The number of ether oxygens (including phenoxy) is 3. The van der Waals surface area contributed by atoms with Crippen LogP contribution in [0.15, 0.2) is 91.0 Å². The molecule has 0 spiro atoms. The molecule has 8 nitrogen and oxygen atoms in total. The molecule has 46 heavy (non-hydrogen) atoms. The second-order valence-corrected chi connectivity index (χ2v) is 12.3. The van der Waals surface area contributed by atoms with E-state index in [0.29, 0.717) is 72.2 Å². The molecule has 0 atom stereocenters. The smallest absolute Gasteiger partial charge is 0.410 e. The predicted molar refractivity (Wildman–Crippen MR) is 176 cm³/mol. The second kappa shape index (κ2) is 13.0. The van der Waals surface area contributed by atoms with Crippen LogP contribution in [-0.4, -0.2) is 44.4 Å². The number of aryl methyl sites for hydroxylation is 1. The van der Waals surface area contributed by atoms with E-state index in [4.69, 9.17) is 24.3 Å². The van der Waals surface area contributed by atoms with Crippen molar-refractivity contribution in [1.29, 1.82) is 0 Å². The maximum atomic E-state index is 16.2. The number of halogens is 1. The van der Waals surface area contributed by atoms with Crippen LogP contribution >= 0.6 is 0 Å². The Hall–Kier alpha value is -5.18. The molecule has 6 rings (SSSR count). The highest BCUT2D eigenvalue weighted by atomic mass is 19.1. The first-order valence-corrected chi connectivity index (χ1v) is 15.3. The van der Waals surface area contributed by atoms with Gasteiger partial charge in [0.25, 0.3) is 0 Å². The van der Waals surface area contributed by atoms with Crippen LogP contribution in [-0.2, 0) is 25.0 Å². The lowest BCUT2D eigenvalue weighted by molar-refractivity contribution is 0.0270. The van der Waals surface area contributed by atoms with Crippen molar-refractivity contribution in [2.24, 2.45) is 7.05 Å². The fourth-order valence-electron chi connectivity index (χ4n) is 5.43. The van der Waals surface area contributed by atoms with E-state index in [0.717, 1.165) is 16.7 Å². The monoisotopic (exact) mass is 620 g/mol. The van der Waals surface area contributed by atoms with Gasteiger partial charge < -0.3 is 19.1 Å². The summed E-state index contributed by atoms with van der Waals surface area (Å²) in [6, 6.07) is 27.0. The first kappa shape index (κ1) is 30.8. The van der Waals surface area contributed by atoms with Crippen molar-refractivity contribution in [1.82, 2.24) is 19.7 Å². The van der Waals surface area contributed by atoms with E-state index in [1.54, 1.807) is 28.8 Å². The molecule has 0 bridgehead atoms. The number of hydrogen-bond acceptors (Lipinski definition) is 6. The zero-order valence-corrected chi connectivity index (χ0v) is 26.5. The van der Waals surface area contributed by atoms with Crippen molar-refractivity contribution in [2.45, 2.75) is 46.0 Å². The molecule has 0 N–H and O–H groups in total. The fourth-order valence-corrected chi connectivity index (χ4v) is 5.43. The number of carbonyl (C=O) groups excluding carboxylic acids is 1. The topological polar surface area (TPSA) is 78.7 Å². The van der Waals surface area contributed by atoms with Gasteiger partial charge >= 0.3 is 6.09 Å². The Bertz CT molecular complexity index is 1880. The lowest BCUT2D eigenvalue weighted by Crippen LogP contribution is -2.39. The Morgan fingerprint density at radius 1 is 0.870 bits per heavy atom. The summed E-state index contributed by atoms with van der Waals surface area (Å²) in [5.41, 5.74) is 4.33. The van der Waals surface area contributed by atoms with Gasteiger partial charge in [-0.05, 0) is 56.0 Å². The summed E-state index contributed by atoms with van der Waals surface area (Å²) in [6.07, 6.45) is 2.03. The highest BCUT2D eigenvalue weighted by Crippen LogP contribution is 2.38. The van der Waals surface area contributed by atoms with Gasteiger partial charge in [0.2, 0.25) is 11.8 Å². The lowest BCUT2D eigenvalue weighted by Gasteiger charge is -2.29. The number of carbonyl (C=O) groups is 1. The van der Waals surface area contributed by atoms with Gasteiger partial charge in [0.1, 0.15) is 30.0 Å². The minimum atomic E-state index is -0.576. The van der Waals surface area contributed by atoms with Crippen LogP contribution in [0.1, 0.15) is 43.9 Å². The molecule has 1 aliphatic rings. The Morgan fingerprint density at radius 3 is 2.15 bits per heavy atom. The van der Waals surface area contributed by atoms with Gasteiger partial charge in [-0.1, -0.05) is 72.8 Å². The molecule has 1 amide bonds. The molecule has 236 valence electrons. The number of hydrogen-bond donors (Lipinski definition) is 0. The number of aromatic nitrogens is 3. The minimum Gasteiger partial charge on any atom is -0.473 e. The molecule has 0 saturated heterocycles. The van der Waals surface area contributed by atoms with Gasteiger partial charge in [-0.2, -0.15) is 10.1 Å². The second-order valence-electron chi connectivity index (χ2n) is 12.3. The number of benzene rings is 3. The molecule has 0 saturated carbocycles. The van der Waals surface area contributed by atoms with E-state index < -0.39 is 5.60 Å². The van der Waals surface area contributed by atoms with E-state index in [1.165, 1.54) is 0 Å². The Labute approximate surface area is 268 Å². The summed E-state index contributed by atoms with van der Waals surface area (Å²) in [7, 11) is 1.73. The van der Waals surface area contributed by atoms with Crippen molar-refractivity contribution < 1.29 is 23.4 Å². The quantitative estimate of drug-likeness (QED) is 0.175. The van der Waals surface area contributed by atoms with Crippen LogP contribution in [0.4, 0.5) is 9.18 Å². The van der Waals surface area contributed by atoms with Crippen LogP contribution < -0.4 is 9.47 Å². The van der Waals surface area contributed by atoms with Crippen LogP contribution in [0, 0.1) is 5.82 Å². The largest absolute Gasteiger partial charge is 0.473 e. The number of rotatable bonds is 8. The molecule has 3 aromatic carbocycles. The minimum absolute atomic E-state index is 0.292. The van der Waals surface area contributed by atoms with Gasteiger partial charge in [0, 0.05) is 37.2 Å². The third-order valence-corrected chi connectivity index (χ3v) is 7.69. The highest BCUT2D eigenvalue weighted by molar-refractivity contribution is 5.96. The SMILES string of the molecule is Cn1nc(-c2ccc(OCc3ccccc3)nc2OCc2ccccc2)c2ccc(C3=CCN(C(=O)OC(C)(C)C)CC3)c(F)c21. The highest BCUT2D eigenvalue weighted by Gasteiger charge is 2.26. The van der Waals surface area contributed by atoms with Crippen molar-refractivity contribution >= 4 is 22.6 Å². The summed E-state index contributed by atoms with van der Waals surface area (Å²) < 4.78 is 35.6. The molecule has 3 heterocycles. The Balaban J connectivity index is 1.30. The van der Waals surface area contributed by atoms with Gasteiger partial charge in [-0.25, -0.2) is 9.18 Å². The summed E-state index contributed by atoms with van der Waals surface area (Å²) >= 11 is 0. The maximum Gasteiger partial charge on any atom is 0.410 e. The van der Waals surface area contributed by atoms with Crippen molar-refractivity contribution in [3.05, 3.63) is 114 Å². The average molecular weight is 621 g/mol. The molecular formula is C37H37FN4O4. The normalized spacial score (nSPS) is 13.4. The zero-order valence-electron chi connectivity index (χ0n) is 26.5. The van der Waals surface area contributed by atoms with Crippen molar-refractivity contribution in [3.8, 4) is 23.0 Å². The fraction of sp³-hybridized carbons (Fsp3) is 0.270. The van der Waals surface area contributed by atoms with Crippen LogP contribution in [0.25, 0.3) is 27.7 Å². The standard InChI is InChI=1S/C37H37FN4O4/c1-37(2,3)46-36(43)42-21-19-27(20-22-42)28-15-16-29-33(40-41(4)34(29)32(28)38)30-17-18-31(44-23-25-11-7-5-8-12-25)39-35(30)45-24-26-13-9-6-10-14-26/h5-19H,20-24H2,1-4H3. The molecule has 0 radical (unpaired) electrons. The molecule has 5 aromatic rings. The van der Waals surface area contributed by atoms with Gasteiger partial charge in [-0.15, -0.1) is 0 Å². The molecule has 2 aromatic heterocycles. The lowest BCUT2D eigenvalue weighted by atomic mass is 9.97. The molecule has 9 heteroatoms. The third kappa shape index (κ3) is 6.88. The first-order valence-electron chi connectivity index (χ1n) is 15.3. The third-order valence-electron chi connectivity index (χ3n) is 7.69. The molecular weight excluding hydrogens is 583 g/mol. The zero-order chi connectivity index (χ0) is 32.3. The Morgan fingerprint density at radius 2 is 1.52 bits per heavy atom. The maximum absolute atomic E-state index is 16.2. The van der Waals surface area contributed by atoms with Crippen LogP contribution in [0.5, 0.6) is 11.8 Å². The molecule has 1 aliphatic heterocycles. The molecule has 0 unspecified atom stereocenters. The first-order chi connectivity index (χ1) is 22.2. The van der Waals surface area contributed by atoms with Gasteiger partial charge in [0.15, 0.2) is 5.82 Å². The average Bonchev–Trinajstić information content (AvgIpc) is 3.39. The van der Waals surface area contributed by atoms with Gasteiger partial charge in [0.05, 0.1) is 5.56 Å². The molecule has 0 aliphatic carbocycles. The predicted octanol–water partition coefficient (Wildman–Crippen LogP) is 7.96. The molecule has 0 fully saturated rings. The van der Waals surface area contributed by atoms with Crippen LogP contribution in [0.2, 0.25) is 0 Å². The number of nitrogens with zero attached hydrogens (tertiary/aromatic N) is 4. The van der Waals surface area contributed by atoms with Crippen molar-refractivity contribution in [3.63, 3.8) is 0 Å². The summed E-state index contributed by atoms with van der Waals surface area (Å²) in [5, 5.41) is 5.38. The summed E-state index contributed by atoms with van der Waals surface area (Å²) in [6.45, 7) is 6.96. The van der Waals surface area contributed by atoms with Gasteiger partial charge in [-0.3, -0.25) is 4.68 Å². The van der Waals surface area contributed by atoms with E-state index in [-0.39, 0.29) is 11.9 Å². The van der Waals surface area contributed by atoms with Crippen LogP contribution in [0.3, 0.4) is 0 Å². The van der Waals surface area contributed by atoms with E-state index in [9.17, 15) is 4.79 Å². The summed E-state index contributed by atoms with van der Waals surface area (Å²) in [5.74, 6) is 0.392. The van der Waals surface area contributed by atoms with E-state index in [2.05, 4.69) is 0 Å². The number of amides is 1. The Kier molecular flexibility index (Phi) is 8.74. The van der Waals surface area contributed by atoms with Crippen molar-refractivity contribution in [2.75, 3.05) is 13.1 Å².